The minimum Gasteiger partial charge on any atom is -0.481 e. The van der Waals surface area contributed by atoms with Gasteiger partial charge in [0.2, 0.25) is 0 Å². The summed E-state index contributed by atoms with van der Waals surface area (Å²) in [7, 11) is 0. The van der Waals surface area contributed by atoms with Crippen LogP contribution in [0.4, 0.5) is 0 Å². The number of carbonyl (C=O) groups excluding carboxylic acids is 1. The zero-order valence-electron chi connectivity index (χ0n) is 11.9. The number of thiazole rings is 1. The van der Waals surface area contributed by atoms with Crippen molar-refractivity contribution in [2.75, 3.05) is 13.2 Å². The fraction of sp³-hybridized carbons (Fsp3) is 0.400. The monoisotopic (exact) mass is 320 g/mol. The number of hydrogen-bond donors (Lipinski definition) is 2. The molecule has 6 nitrogen and oxygen atoms in total. The average Bonchev–Trinajstić information content (AvgIpc) is 2.94. The van der Waals surface area contributed by atoms with E-state index in [0.29, 0.717) is 31.6 Å². The normalized spacial score (nSPS) is 17.3. The van der Waals surface area contributed by atoms with E-state index in [1.807, 2.05) is 0 Å². The summed E-state index contributed by atoms with van der Waals surface area (Å²) in [5.41, 5.74) is 2.38. The summed E-state index contributed by atoms with van der Waals surface area (Å²) in [6.45, 7) is 0.920. The molecule has 0 unspecified atom stereocenters. The quantitative estimate of drug-likeness (QED) is 0.900. The molecular weight excluding hydrogens is 304 g/mol. The number of carboxylic acid groups (broad SMARTS) is 1. The maximum absolute atomic E-state index is 12.5. The van der Waals surface area contributed by atoms with E-state index in [9.17, 15) is 9.59 Å². The van der Waals surface area contributed by atoms with Crippen LogP contribution in [0.5, 0.6) is 0 Å². The minimum absolute atomic E-state index is 0.0924. The predicted octanol–water partition coefficient (Wildman–Crippen LogP) is 2.05. The number of carbonyl (C=O) groups is 2. The SMILES string of the molecule is O=C(O)CC1(NC(=O)c2ccc3ncsc3c2)CCOCC1. The Kier molecular flexibility index (Phi) is 4.08. The molecular formula is C15H16N2O4S. The first kappa shape index (κ1) is 14.9. The largest absolute Gasteiger partial charge is 0.481 e. The van der Waals surface area contributed by atoms with Crippen LogP contribution in [-0.4, -0.2) is 40.7 Å². The van der Waals surface area contributed by atoms with Crippen molar-refractivity contribution < 1.29 is 19.4 Å². The number of rotatable bonds is 4. The first-order chi connectivity index (χ1) is 10.6. The number of fused-ring (bicyclic) bond motifs is 1. The molecule has 1 saturated heterocycles. The molecule has 1 amide bonds. The van der Waals surface area contributed by atoms with Crippen LogP contribution >= 0.6 is 11.3 Å². The highest BCUT2D eigenvalue weighted by atomic mass is 32.1. The van der Waals surface area contributed by atoms with Crippen molar-refractivity contribution in [2.24, 2.45) is 0 Å². The predicted molar refractivity (Wildman–Crippen MR) is 82.1 cm³/mol. The summed E-state index contributed by atoms with van der Waals surface area (Å²) in [5.74, 6) is -1.17. The van der Waals surface area contributed by atoms with Crippen LogP contribution in [0.1, 0.15) is 29.6 Å². The molecule has 1 aliphatic rings. The third-order valence-electron chi connectivity index (χ3n) is 3.91. The standard InChI is InChI=1S/C15H16N2O4S/c18-13(19)8-15(3-5-21-6-4-15)17-14(20)10-1-2-11-12(7-10)22-9-16-11/h1-2,7,9H,3-6,8H2,(H,17,20)(H,18,19). The molecule has 22 heavy (non-hydrogen) atoms. The average molecular weight is 320 g/mol. The van der Waals surface area contributed by atoms with Crippen molar-refractivity contribution in [3.05, 3.63) is 29.3 Å². The van der Waals surface area contributed by atoms with Gasteiger partial charge in [-0.15, -0.1) is 11.3 Å². The number of nitrogens with zero attached hydrogens (tertiary/aromatic N) is 1. The Morgan fingerprint density at radius 1 is 1.36 bits per heavy atom. The van der Waals surface area contributed by atoms with Crippen LogP contribution in [-0.2, 0) is 9.53 Å². The number of carboxylic acids is 1. The minimum atomic E-state index is -0.917. The summed E-state index contributed by atoms with van der Waals surface area (Å²) < 4.78 is 6.23. The first-order valence-electron chi connectivity index (χ1n) is 7.03. The summed E-state index contributed by atoms with van der Waals surface area (Å²) in [6.07, 6.45) is 0.923. The van der Waals surface area contributed by atoms with Crippen molar-refractivity contribution in [2.45, 2.75) is 24.8 Å². The van der Waals surface area contributed by atoms with Gasteiger partial charge in [0.25, 0.3) is 5.91 Å². The number of nitrogens with one attached hydrogen (secondary N) is 1. The second-order valence-electron chi connectivity index (χ2n) is 5.45. The maximum Gasteiger partial charge on any atom is 0.305 e. The third kappa shape index (κ3) is 3.10. The molecule has 0 saturated carbocycles. The topological polar surface area (TPSA) is 88.5 Å². The highest BCUT2D eigenvalue weighted by molar-refractivity contribution is 7.16. The zero-order chi connectivity index (χ0) is 15.6. The molecule has 116 valence electrons. The molecule has 0 spiro atoms. The molecule has 1 fully saturated rings. The van der Waals surface area contributed by atoms with Gasteiger partial charge >= 0.3 is 5.97 Å². The zero-order valence-corrected chi connectivity index (χ0v) is 12.7. The summed E-state index contributed by atoms with van der Waals surface area (Å²) in [5, 5.41) is 12.1. The van der Waals surface area contributed by atoms with Gasteiger partial charge in [0.05, 0.1) is 27.7 Å². The van der Waals surface area contributed by atoms with Crippen LogP contribution in [0.2, 0.25) is 0 Å². The molecule has 7 heteroatoms. The molecule has 1 aromatic carbocycles. The Hall–Kier alpha value is -1.99. The van der Waals surface area contributed by atoms with Gasteiger partial charge in [-0.1, -0.05) is 0 Å². The first-order valence-corrected chi connectivity index (χ1v) is 7.91. The van der Waals surface area contributed by atoms with Crippen molar-refractivity contribution >= 4 is 33.4 Å². The molecule has 2 N–H and O–H groups in total. The van der Waals surface area contributed by atoms with E-state index in [0.717, 1.165) is 10.2 Å². The van der Waals surface area contributed by atoms with E-state index < -0.39 is 11.5 Å². The van der Waals surface area contributed by atoms with Crippen molar-refractivity contribution in [3.63, 3.8) is 0 Å². The Balaban J connectivity index is 1.81. The second kappa shape index (κ2) is 6.02. The van der Waals surface area contributed by atoms with E-state index in [1.165, 1.54) is 11.3 Å². The molecule has 0 radical (unpaired) electrons. The smallest absolute Gasteiger partial charge is 0.305 e. The molecule has 3 rings (SSSR count). The third-order valence-corrected chi connectivity index (χ3v) is 4.70. The molecule has 2 heterocycles. The summed E-state index contributed by atoms with van der Waals surface area (Å²) in [6, 6.07) is 5.30. The summed E-state index contributed by atoms with van der Waals surface area (Å²) >= 11 is 1.47. The van der Waals surface area contributed by atoms with Crippen LogP contribution < -0.4 is 5.32 Å². The van der Waals surface area contributed by atoms with Crippen molar-refractivity contribution in [3.8, 4) is 0 Å². The van der Waals surface area contributed by atoms with Gasteiger partial charge in [0.1, 0.15) is 0 Å². The van der Waals surface area contributed by atoms with Crippen molar-refractivity contribution in [1.82, 2.24) is 10.3 Å². The lowest BCUT2D eigenvalue weighted by molar-refractivity contribution is -0.139. The van der Waals surface area contributed by atoms with Crippen LogP contribution in [0.25, 0.3) is 10.2 Å². The van der Waals surface area contributed by atoms with Crippen molar-refractivity contribution in [1.29, 1.82) is 0 Å². The molecule has 2 aromatic rings. The van der Waals surface area contributed by atoms with Crippen LogP contribution in [0.15, 0.2) is 23.7 Å². The van der Waals surface area contributed by atoms with Gasteiger partial charge in [-0.25, -0.2) is 4.98 Å². The molecule has 1 aromatic heterocycles. The van der Waals surface area contributed by atoms with Crippen LogP contribution in [0, 0.1) is 0 Å². The van der Waals surface area contributed by atoms with Gasteiger partial charge in [-0.2, -0.15) is 0 Å². The van der Waals surface area contributed by atoms with E-state index in [-0.39, 0.29) is 12.3 Å². The Morgan fingerprint density at radius 3 is 2.86 bits per heavy atom. The van der Waals surface area contributed by atoms with E-state index in [1.54, 1.807) is 23.7 Å². The van der Waals surface area contributed by atoms with E-state index in [2.05, 4.69) is 10.3 Å². The summed E-state index contributed by atoms with van der Waals surface area (Å²) in [4.78, 5) is 27.8. The molecule has 0 atom stereocenters. The maximum atomic E-state index is 12.5. The second-order valence-corrected chi connectivity index (χ2v) is 6.34. The number of ether oxygens (including phenoxy) is 1. The van der Waals surface area contributed by atoms with Gasteiger partial charge in [0.15, 0.2) is 0 Å². The highest BCUT2D eigenvalue weighted by Gasteiger charge is 2.36. The number of hydrogen-bond acceptors (Lipinski definition) is 5. The van der Waals surface area contributed by atoms with Gasteiger partial charge in [-0.3, -0.25) is 9.59 Å². The molecule has 0 bridgehead atoms. The number of benzene rings is 1. The fourth-order valence-corrected chi connectivity index (χ4v) is 3.42. The lowest BCUT2D eigenvalue weighted by Crippen LogP contribution is -2.53. The lowest BCUT2D eigenvalue weighted by Gasteiger charge is -2.36. The number of aromatic nitrogens is 1. The van der Waals surface area contributed by atoms with Gasteiger partial charge in [0, 0.05) is 18.8 Å². The lowest BCUT2D eigenvalue weighted by atomic mass is 9.86. The number of aliphatic carboxylic acids is 1. The Morgan fingerprint density at radius 2 is 2.14 bits per heavy atom. The Labute approximate surface area is 131 Å². The molecule has 1 aliphatic heterocycles. The van der Waals surface area contributed by atoms with Crippen LogP contribution in [0.3, 0.4) is 0 Å². The Bertz CT molecular complexity index is 706. The highest BCUT2D eigenvalue weighted by Crippen LogP contribution is 2.26. The fourth-order valence-electron chi connectivity index (χ4n) is 2.71. The number of amides is 1. The van der Waals surface area contributed by atoms with Gasteiger partial charge < -0.3 is 15.2 Å². The van der Waals surface area contributed by atoms with E-state index >= 15 is 0 Å². The van der Waals surface area contributed by atoms with E-state index in [4.69, 9.17) is 9.84 Å². The van der Waals surface area contributed by atoms with Gasteiger partial charge in [-0.05, 0) is 31.0 Å². The molecule has 0 aliphatic carbocycles.